The standard InChI is InChI=1S/C32H27F2N5O/c1-16-17-9-11-18(12-10-17)27(16)37-32-26(34)28(22-7-4-6-21-20-5-2-3-8-25(20)40-29(21)22)38-31(39-32)24-15-36-30-23(24)13-19(33)14-35-30/h2-8,13-18,27H,9-12H2,1H3,(H,35,36)(H,37,38,39). The highest BCUT2D eigenvalue weighted by Gasteiger charge is 2.42. The number of furan rings is 1. The van der Waals surface area contributed by atoms with E-state index in [4.69, 9.17) is 14.4 Å². The first kappa shape index (κ1) is 23.5. The summed E-state index contributed by atoms with van der Waals surface area (Å²) in [6.45, 7) is 2.26. The minimum absolute atomic E-state index is 0.127. The van der Waals surface area contributed by atoms with Crippen LogP contribution < -0.4 is 5.32 Å². The van der Waals surface area contributed by atoms with Crippen LogP contribution in [0.2, 0.25) is 0 Å². The van der Waals surface area contributed by atoms with Crippen LogP contribution in [0.15, 0.2) is 65.3 Å². The van der Waals surface area contributed by atoms with Gasteiger partial charge in [0.2, 0.25) is 0 Å². The summed E-state index contributed by atoms with van der Waals surface area (Å²) in [4.78, 5) is 16.7. The number of fused-ring (bicyclic) bond motifs is 7. The van der Waals surface area contributed by atoms with Gasteiger partial charge in [-0.15, -0.1) is 0 Å². The van der Waals surface area contributed by atoms with Crippen molar-refractivity contribution in [3.63, 3.8) is 0 Å². The van der Waals surface area contributed by atoms with Gasteiger partial charge in [-0.3, -0.25) is 0 Å². The first-order chi connectivity index (χ1) is 19.5. The summed E-state index contributed by atoms with van der Waals surface area (Å²) in [6, 6.07) is 15.0. The van der Waals surface area contributed by atoms with Crippen molar-refractivity contribution in [2.24, 2.45) is 17.8 Å². The number of para-hydroxylation sites is 2. The monoisotopic (exact) mass is 535 g/mol. The van der Waals surface area contributed by atoms with Gasteiger partial charge in [0.15, 0.2) is 17.5 Å². The topological polar surface area (TPSA) is 79.6 Å². The average molecular weight is 536 g/mol. The molecular formula is C32H27F2N5O. The Kier molecular flexibility index (Phi) is 5.21. The minimum atomic E-state index is -0.519. The molecular weight excluding hydrogens is 508 g/mol. The van der Waals surface area contributed by atoms with Crippen molar-refractivity contribution < 1.29 is 13.2 Å². The first-order valence-corrected chi connectivity index (χ1v) is 13.9. The molecule has 4 aromatic heterocycles. The van der Waals surface area contributed by atoms with E-state index < -0.39 is 11.6 Å². The molecule has 0 saturated heterocycles. The molecule has 0 amide bonds. The van der Waals surface area contributed by atoms with Crippen LogP contribution in [-0.2, 0) is 0 Å². The number of nitrogens with one attached hydrogen (secondary N) is 2. The molecule has 6 nitrogen and oxygen atoms in total. The van der Waals surface area contributed by atoms with Crippen molar-refractivity contribution >= 4 is 38.8 Å². The van der Waals surface area contributed by atoms with Crippen molar-refractivity contribution in [1.82, 2.24) is 19.9 Å². The molecule has 2 N–H and O–H groups in total. The van der Waals surface area contributed by atoms with E-state index in [1.807, 2.05) is 42.5 Å². The van der Waals surface area contributed by atoms with Gasteiger partial charge in [-0.2, -0.15) is 0 Å². The Hall–Kier alpha value is -4.33. The van der Waals surface area contributed by atoms with Gasteiger partial charge in [-0.25, -0.2) is 23.7 Å². The molecule has 2 bridgehead atoms. The Balaban J connectivity index is 1.35. The Morgan fingerprint density at radius 3 is 2.55 bits per heavy atom. The number of pyridine rings is 1. The molecule has 3 aliphatic rings. The molecule has 40 heavy (non-hydrogen) atoms. The number of halogens is 2. The van der Waals surface area contributed by atoms with E-state index in [9.17, 15) is 4.39 Å². The maximum Gasteiger partial charge on any atom is 0.191 e. The van der Waals surface area contributed by atoms with Crippen LogP contribution in [0.5, 0.6) is 0 Å². The predicted molar refractivity (Wildman–Crippen MR) is 152 cm³/mol. The summed E-state index contributed by atoms with van der Waals surface area (Å²) < 4.78 is 37.0. The summed E-state index contributed by atoms with van der Waals surface area (Å²) in [6.07, 6.45) is 7.61. The lowest BCUT2D eigenvalue weighted by molar-refractivity contribution is 0.0926. The molecule has 3 saturated carbocycles. The van der Waals surface area contributed by atoms with Gasteiger partial charge in [0, 0.05) is 39.5 Å². The largest absolute Gasteiger partial charge is 0.455 e. The summed E-state index contributed by atoms with van der Waals surface area (Å²) in [5.41, 5.74) is 3.04. The van der Waals surface area contributed by atoms with Crippen molar-refractivity contribution in [3.05, 3.63) is 72.6 Å². The highest BCUT2D eigenvalue weighted by atomic mass is 19.1. The number of aromatic amines is 1. The molecule has 2 aromatic carbocycles. The van der Waals surface area contributed by atoms with Crippen molar-refractivity contribution in [2.45, 2.75) is 38.6 Å². The Labute approximate surface area is 228 Å². The van der Waals surface area contributed by atoms with Crippen LogP contribution in [0.25, 0.3) is 55.6 Å². The summed E-state index contributed by atoms with van der Waals surface area (Å²) in [5.74, 6) is 1.00. The van der Waals surface area contributed by atoms with Gasteiger partial charge in [-0.1, -0.05) is 37.3 Å². The average Bonchev–Trinajstić information content (AvgIpc) is 3.57. The molecule has 6 aromatic rings. The normalized spacial score (nSPS) is 22.5. The fourth-order valence-electron chi connectivity index (χ4n) is 7.10. The zero-order valence-electron chi connectivity index (χ0n) is 21.9. The summed E-state index contributed by atoms with van der Waals surface area (Å²) in [7, 11) is 0. The molecule has 9 rings (SSSR count). The fourth-order valence-corrected chi connectivity index (χ4v) is 7.10. The number of H-pyrrole nitrogens is 1. The molecule has 4 heterocycles. The molecule has 8 heteroatoms. The number of rotatable bonds is 4. The molecule has 0 radical (unpaired) electrons. The molecule has 0 aliphatic heterocycles. The third-order valence-corrected chi connectivity index (χ3v) is 9.19. The zero-order chi connectivity index (χ0) is 27.0. The molecule has 200 valence electrons. The van der Waals surface area contributed by atoms with Crippen LogP contribution in [0, 0.1) is 29.4 Å². The molecule has 3 aliphatic carbocycles. The van der Waals surface area contributed by atoms with Crippen LogP contribution in [0.3, 0.4) is 0 Å². The van der Waals surface area contributed by atoms with Gasteiger partial charge in [0.05, 0.1) is 6.20 Å². The lowest BCUT2D eigenvalue weighted by atomic mass is 9.62. The second-order valence-corrected chi connectivity index (χ2v) is 11.3. The number of anilines is 1. The SMILES string of the molecule is CC1C2CCC(CC2)C1Nc1nc(-c2c[nH]c3ncc(F)cc23)nc(-c2cccc3c2oc2ccccc23)c1F. The zero-order valence-corrected chi connectivity index (χ0v) is 21.9. The number of hydrogen-bond acceptors (Lipinski definition) is 5. The Morgan fingerprint density at radius 2 is 1.70 bits per heavy atom. The summed E-state index contributed by atoms with van der Waals surface area (Å²) in [5, 5.41) is 5.90. The number of hydrogen-bond donors (Lipinski definition) is 2. The lowest BCUT2D eigenvalue weighted by Gasteiger charge is -2.47. The maximum atomic E-state index is 16.6. The predicted octanol–water partition coefficient (Wildman–Crippen LogP) is 8.10. The van der Waals surface area contributed by atoms with E-state index in [2.05, 4.69) is 22.2 Å². The van der Waals surface area contributed by atoms with Crippen LogP contribution >= 0.6 is 0 Å². The van der Waals surface area contributed by atoms with E-state index in [0.29, 0.717) is 51.3 Å². The minimum Gasteiger partial charge on any atom is -0.455 e. The lowest BCUT2D eigenvalue weighted by Crippen LogP contribution is -2.47. The molecule has 2 atom stereocenters. The second-order valence-electron chi connectivity index (χ2n) is 11.3. The van der Waals surface area contributed by atoms with Gasteiger partial charge in [0.25, 0.3) is 0 Å². The molecule has 2 unspecified atom stereocenters. The van der Waals surface area contributed by atoms with Gasteiger partial charge >= 0.3 is 0 Å². The van der Waals surface area contributed by atoms with Crippen LogP contribution in [-0.4, -0.2) is 26.0 Å². The second kappa shape index (κ2) is 8.84. The van der Waals surface area contributed by atoms with Crippen LogP contribution in [0.1, 0.15) is 32.6 Å². The highest BCUT2D eigenvalue weighted by molar-refractivity contribution is 6.09. The maximum absolute atomic E-state index is 16.6. The van der Waals surface area contributed by atoms with Gasteiger partial charge in [-0.05, 0) is 61.6 Å². The highest BCUT2D eigenvalue weighted by Crippen LogP contribution is 2.46. The van der Waals surface area contributed by atoms with E-state index in [1.54, 1.807) is 6.20 Å². The quantitative estimate of drug-likeness (QED) is 0.238. The Bertz CT molecular complexity index is 1920. The Morgan fingerprint density at radius 1 is 0.900 bits per heavy atom. The van der Waals surface area contributed by atoms with Crippen LogP contribution in [0.4, 0.5) is 14.6 Å². The molecule has 0 spiro atoms. The fraction of sp³-hybridized carbons (Fsp3) is 0.281. The third-order valence-electron chi connectivity index (χ3n) is 9.19. The van der Waals surface area contributed by atoms with Gasteiger partial charge < -0.3 is 14.7 Å². The number of nitrogens with zero attached hydrogens (tertiary/aromatic N) is 3. The van der Waals surface area contributed by atoms with Crippen molar-refractivity contribution in [3.8, 4) is 22.6 Å². The summed E-state index contributed by atoms with van der Waals surface area (Å²) >= 11 is 0. The van der Waals surface area contributed by atoms with E-state index in [1.165, 1.54) is 18.9 Å². The van der Waals surface area contributed by atoms with Gasteiger partial charge in [0.1, 0.15) is 28.3 Å². The van der Waals surface area contributed by atoms with E-state index in [-0.39, 0.29) is 17.6 Å². The van der Waals surface area contributed by atoms with E-state index >= 15 is 4.39 Å². The number of aromatic nitrogens is 4. The third kappa shape index (κ3) is 3.55. The molecule has 3 fully saturated rings. The van der Waals surface area contributed by atoms with Crippen molar-refractivity contribution in [2.75, 3.05) is 5.32 Å². The van der Waals surface area contributed by atoms with E-state index in [0.717, 1.165) is 35.4 Å². The first-order valence-electron chi connectivity index (χ1n) is 13.9. The number of benzene rings is 2. The van der Waals surface area contributed by atoms with Crippen molar-refractivity contribution in [1.29, 1.82) is 0 Å². The smallest absolute Gasteiger partial charge is 0.191 e.